The number of nitrogens with one attached hydrogen (secondary N) is 3. The maximum absolute atomic E-state index is 14.6. The van der Waals surface area contributed by atoms with Gasteiger partial charge in [-0.15, -0.1) is 0 Å². The van der Waals surface area contributed by atoms with Gasteiger partial charge in [-0.2, -0.15) is 0 Å². The molecule has 21 heteroatoms. The predicted octanol–water partition coefficient (Wildman–Crippen LogP) is 6.64. The van der Waals surface area contributed by atoms with Gasteiger partial charge in [0, 0.05) is 30.8 Å². The van der Waals surface area contributed by atoms with Crippen LogP contribution in [0.15, 0.2) is 97.1 Å². The van der Waals surface area contributed by atoms with E-state index in [9.17, 15) is 38.4 Å². The van der Waals surface area contributed by atoms with Gasteiger partial charge >= 0.3 is 5.97 Å². The Bertz CT molecular complexity index is 3170. The Morgan fingerprint density at radius 3 is 2.10 bits per heavy atom. The van der Waals surface area contributed by atoms with Crippen LogP contribution in [0.5, 0.6) is 40.2 Å². The van der Waals surface area contributed by atoms with Crippen molar-refractivity contribution in [2.75, 3.05) is 60.6 Å². The average Bonchev–Trinajstić information content (AvgIpc) is 4.04. The van der Waals surface area contributed by atoms with Crippen LogP contribution < -0.4 is 49.1 Å². The molecule has 0 bridgehead atoms. The van der Waals surface area contributed by atoms with Gasteiger partial charge < -0.3 is 53.4 Å². The maximum atomic E-state index is 14.6. The van der Waals surface area contributed by atoms with E-state index in [1.54, 1.807) is 85.8 Å². The van der Waals surface area contributed by atoms with E-state index in [1.165, 1.54) is 39.5 Å². The zero-order valence-electron chi connectivity index (χ0n) is 46.0. The van der Waals surface area contributed by atoms with Gasteiger partial charge in [-0.25, -0.2) is 4.79 Å². The molecule has 426 valence electrons. The molecule has 21 nitrogen and oxygen atoms in total. The van der Waals surface area contributed by atoms with E-state index in [4.69, 9.17) is 37.9 Å². The molecule has 2 saturated heterocycles. The molecule has 0 radical (unpaired) electrons. The van der Waals surface area contributed by atoms with Gasteiger partial charge in [0.2, 0.25) is 23.5 Å². The highest BCUT2D eigenvalue weighted by atomic mass is 16.6. The van der Waals surface area contributed by atoms with Crippen LogP contribution in [0, 0.1) is 0 Å². The number of methoxy groups -OCH3 is 5. The van der Waals surface area contributed by atoms with Crippen LogP contribution >= 0.6 is 0 Å². The molecular formula is C60H65N5O16. The topological polar surface area (TPSA) is 253 Å². The van der Waals surface area contributed by atoms with Crippen molar-refractivity contribution in [3.8, 4) is 40.2 Å². The molecule has 1 unspecified atom stereocenters. The fourth-order valence-corrected chi connectivity index (χ4v) is 10.3. The smallest absolute Gasteiger partial charge is 0.329 e. The van der Waals surface area contributed by atoms with Gasteiger partial charge in [0.1, 0.15) is 29.7 Å². The van der Waals surface area contributed by atoms with E-state index in [0.29, 0.717) is 95.5 Å². The van der Waals surface area contributed by atoms with Crippen molar-refractivity contribution in [2.24, 2.45) is 0 Å². The van der Waals surface area contributed by atoms with Gasteiger partial charge in [0.25, 0.3) is 23.6 Å². The maximum Gasteiger partial charge on any atom is 0.329 e. The lowest BCUT2D eigenvalue weighted by Gasteiger charge is -2.37. The number of hydrogen-bond donors (Lipinski definition) is 3. The zero-order valence-corrected chi connectivity index (χ0v) is 46.0. The molecule has 8 rings (SSSR count). The summed E-state index contributed by atoms with van der Waals surface area (Å²) in [5.74, 6) is -2.67. The molecule has 2 fully saturated rings. The first-order chi connectivity index (χ1) is 39.2. The number of likely N-dealkylation sites (tertiary alicyclic amines) is 1. The number of piperidine rings is 2. The number of aryl methyl sites for hydroxylation is 1. The summed E-state index contributed by atoms with van der Waals surface area (Å²) in [7, 11) is 7.62. The highest BCUT2D eigenvalue weighted by molar-refractivity contribution is 6.24. The standard InChI is InChI=1S/C60H65N5O16/c1-7-39(37-30-49(76-4)55(78-6)50(31-37)77-5)57(70)64-27-11-10-18-43(64)60(73)81-45(24-21-35-22-25-46(74-2)48(29-35)75-3)40-16-8-9-19-44(40)79-33-52(67)61-32-36-14-12-15-38(28-36)62-53(68)34-80-47-20-13-17-41-54(47)59(72)65(58(41)71)42-23-26-51(66)63-56(42)69/h8-9,12-17,19-20,22,25,28-31,39,42-43,45H,7,10-11,18,21,23-24,26-27,32-34H2,1-6H3,(H,61,67)(H,62,68)(H,63,66,69)/t39-,42?,43-,45+/m0/s1. The van der Waals surface area contributed by atoms with E-state index in [-0.39, 0.29) is 48.6 Å². The Hall–Kier alpha value is -9.14. The summed E-state index contributed by atoms with van der Waals surface area (Å²) in [6.07, 6.45) is 1.99. The van der Waals surface area contributed by atoms with Crippen LogP contribution in [0.1, 0.15) is 107 Å². The Balaban J connectivity index is 0.915. The average molecular weight is 1110 g/mol. The van der Waals surface area contributed by atoms with Crippen LogP contribution in [-0.2, 0) is 46.5 Å². The fraction of sp³-hybridized carbons (Fsp3) is 0.367. The van der Waals surface area contributed by atoms with E-state index in [0.717, 1.165) is 10.5 Å². The second-order valence-corrected chi connectivity index (χ2v) is 19.4. The first kappa shape index (κ1) is 58.0. The summed E-state index contributed by atoms with van der Waals surface area (Å²) in [6.45, 7) is 1.36. The van der Waals surface area contributed by atoms with Crippen molar-refractivity contribution in [2.45, 2.75) is 88.9 Å². The lowest BCUT2D eigenvalue weighted by atomic mass is 9.91. The number of anilines is 1. The predicted molar refractivity (Wildman–Crippen MR) is 293 cm³/mol. The quantitative estimate of drug-likeness (QED) is 0.0433. The second-order valence-electron chi connectivity index (χ2n) is 19.4. The number of carbonyl (C=O) groups excluding carboxylic acids is 8. The van der Waals surface area contributed by atoms with Crippen LogP contribution in [0.25, 0.3) is 0 Å². The number of rotatable bonds is 24. The third-order valence-electron chi connectivity index (χ3n) is 14.4. The molecule has 7 amide bonds. The zero-order chi connectivity index (χ0) is 57.7. The lowest BCUT2D eigenvalue weighted by molar-refractivity contribution is -0.162. The van der Waals surface area contributed by atoms with Crippen molar-refractivity contribution in [1.29, 1.82) is 0 Å². The minimum Gasteiger partial charge on any atom is -0.493 e. The molecule has 3 heterocycles. The number of hydrogen-bond acceptors (Lipinski definition) is 16. The van der Waals surface area contributed by atoms with Crippen LogP contribution in [0.3, 0.4) is 0 Å². The highest BCUT2D eigenvalue weighted by Gasteiger charge is 2.46. The molecule has 5 aromatic rings. The highest BCUT2D eigenvalue weighted by Crippen LogP contribution is 2.42. The van der Waals surface area contributed by atoms with E-state index in [1.807, 2.05) is 19.1 Å². The Kier molecular flexibility index (Phi) is 19.1. The van der Waals surface area contributed by atoms with E-state index < -0.39 is 78.7 Å². The summed E-state index contributed by atoms with van der Waals surface area (Å²) >= 11 is 0. The van der Waals surface area contributed by atoms with E-state index in [2.05, 4.69) is 16.0 Å². The number of esters is 1. The number of ether oxygens (including phenoxy) is 8. The Labute approximate surface area is 468 Å². The summed E-state index contributed by atoms with van der Waals surface area (Å²) in [5, 5.41) is 7.73. The molecule has 3 aliphatic heterocycles. The van der Waals surface area contributed by atoms with Crippen molar-refractivity contribution in [3.05, 3.63) is 130 Å². The minimum atomic E-state index is -1.17. The minimum absolute atomic E-state index is 0.00786. The van der Waals surface area contributed by atoms with Gasteiger partial charge in [-0.3, -0.25) is 43.8 Å². The SMILES string of the molecule is CC[C@H](C(=O)N1CCCC[C@H]1C(=O)O[C@H](CCc1ccc(OC)c(OC)c1)c1ccccc1OCC(=O)NCc1cccc(NC(=O)COc2cccc3c2C(=O)N(C2CCC(=O)NC2=O)C3=O)c1)c1cc(OC)c(OC)c(OC)c1. The third kappa shape index (κ3) is 13.3. The first-order valence-electron chi connectivity index (χ1n) is 26.6. The van der Waals surface area contributed by atoms with Crippen molar-refractivity contribution in [3.63, 3.8) is 0 Å². The number of benzene rings is 5. The van der Waals surface area contributed by atoms with Gasteiger partial charge in [-0.05, 0) is 116 Å². The Morgan fingerprint density at radius 1 is 0.679 bits per heavy atom. The van der Waals surface area contributed by atoms with Crippen molar-refractivity contribution < 1.29 is 76.3 Å². The number of carbonyl (C=O) groups is 8. The number of imide groups is 2. The summed E-state index contributed by atoms with van der Waals surface area (Å²) < 4.78 is 46.1. The first-order valence-corrected chi connectivity index (χ1v) is 26.6. The van der Waals surface area contributed by atoms with E-state index >= 15 is 0 Å². The summed E-state index contributed by atoms with van der Waals surface area (Å²) in [6, 6.07) is 25.1. The molecule has 0 spiro atoms. The third-order valence-corrected chi connectivity index (χ3v) is 14.4. The number of nitrogens with zero attached hydrogens (tertiary/aromatic N) is 2. The van der Waals surface area contributed by atoms with Crippen molar-refractivity contribution >= 4 is 53.0 Å². The van der Waals surface area contributed by atoms with Gasteiger partial charge in [-0.1, -0.05) is 49.4 Å². The normalized spacial score (nSPS) is 16.5. The molecular weight excluding hydrogens is 1050 g/mol. The monoisotopic (exact) mass is 1110 g/mol. The molecule has 3 N–H and O–H groups in total. The lowest BCUT2D eigenvalue weighted by Crippen LogP contribution is -2.54. The van der Waals surface area contributed by atoms with Gasteiger partial charge in [0.05, 0.1) is 52.6 Å². The molecule has 0 saturated carbocycles. The van der Waals surface area contributed by atoms with Gasteiger partial charge in [0.15, 0.2) is 36.2 Å². The number of fused-ring (bicyclic) bond motifs is 1. The molecule has 3 aliphatic rings. The van der Waals surface area contributed by atoms with Crippen LogP contribution in [0.2, 0.25) is 0 Å². The fourth-order valence-electron chi connectivity index (χ4n) is 10.3. The number of para-hydroxylation sites is 1. The molecule has 5 aromatic carbocycles. The second kappa shape index (κ2) is 26.7. The largest absolute Gasteiger partial charge is 0.493 e. The molecule has 4 atom stereocenters. The van der Waals surface area contributed by atoms with Crippen molar-refractivity contribution in [1.82, 2.24) is 20.4 Å². The number of amides is 7. The molecule has 0 aromatic heterocycles. The van der Waals surface area contributed by atoms with Crippen LogP contribution in [-0.4, -0.2) is 125 Å². The molecule has 81 heavy (non-hydrogen) atoms. The van der Waals surface area contributed by atoms with Crippen LogP contribution in [0.4, 0.5) is 5.69 Å². The Morgan fingerprint density at radius 2 is 1.38 bits per heavy atom. The summed E-state index contributed by atoms with van der Waals surface area (Å²) in [4.78, 5) is 109. The summed E-state index contributed by atoms with van der Waals surface area (Å²) in [5.41, 5.74) is 2.97. The molecule has 0 aliphatic carbocycles.